The first-order valence-electron chi connectivity index (χ1n) is 9.25. The second-order valence-corrected chi connectivity index (χ2v) is 9.04. The summed E-state index contributed by atoms with van der Waals surface area (Å²) in [4.78, 5) is 14.4. The number of rotatable bonds is 7. The van der Waals surface area contributed by atoms with Gasteiger partial charge in [-0.2, -0.15) is 5.26 Å². The molecule has 0 atom stereocenters. The molecule has 1 N–H and O–H groups in total. The van der Waals surface area contributed by atoms with Gasteiger partial charge in [-0.05, 0) is 48.2 Å². The fraction of sp³-hybridized carbons (Fsp3) is 0.333. The van der Waals surface area contributed by atoms with Crippen LogP contribution in [-0.2, 0) is 26.9 Å². The number of carbonyl (C=O) groups is 1. The van der Waals surface area contributed by atoms with Gasteiger partial charge in [-0.1, -0.05) is 24.3 Å². The van der Waals surface area contributed by atoms with Crippen molar-refractivity contribution in [3.63, 3.8) is 0 Å². The highest BCUT2D eigenvalue weighted by molar-refractivity contribution is 7.91. The van der Waals surface area contributed by atoms with Crippen LogP contribution >= 0.6 is 0 Å². The maximum absolute atomic E-state index is 12.2. The maximum Gasteiger partial charge on any atom is 0.235 e. The van der Waals surface area contributed by atoms with Crippen LogP contribution in [0.2, 0.25) is 0 Å². The molecule has 0 unspecified atom stereocenters. The van der Waals surface area contributed by atoms with Crippen molar-refractivity contribution in [1.82, 2.24) is 5.32 Å². The van der Waals surface area contributed by atoms with Crippen LogP contribution in [0.15, 0.2) is 48.5 Å². The summed E-state index contributed by atoms with van der Waals surface area (Å²) in [6, 6.07) is 16.3. The van der Waals surface area contributed by atoms with E-state index in [9.17, 15) is 13.2 Å². The average Bonchev–Trinajstić information content (AvgIpc) is 3.21. The lowest BCUT2D eigenvalue weighted by Gasteiger charge is -2.17. The van der Waals surface area contributed by atoms with Gasteiger partial charge >= 0.3 is 0 Å². The Morgan fingerprint density at radius 2 is 1.61 bits per heavy atom. The zero-order valence-electron chi connectivity index (χ0n) is 15.6. The molecule has 1 aliphatic heterocycles. The Morgan fingerprint density at radius 3 is 2.21 bits per heavy atom. The summed E-state index contributed by atoms with van der Waals surface area (Å²) in [5.41, 5.74) is 3.14. The maximum atomic E-state index is 12.2. The fourth-order valence-electron chi connectivity index (χ4n) is 3.23. The third-order valence-electron chi connectivity index (χ3n) is 4.72. The van der Waals surface area contributed by atoms with Gasteiger partial charge in [0.05, 0.1) is 17.4 Å². The Morgan fingerprint density at radius 1 is 1.00 bits per heavy atom. The number of benzene rings is 2. The molecule has 0 saturated carbocycles. The van der Waals surface area contributed by atoms with Crippen molar-refractivity contribution in [1.29, 1.82) is 5.26 Å². The zero-order valence-corrected chi connectivity index (χ0v) is 16.4. The van der Waals surface area contributed by atoms with Gasteiger partial charge in [-0.25, -0.2) is 8.42 Å². The van der Waals surface area contributed by atoms with E-state index in [-0.39, 0.29) is 5.75 Å². The van der Waals surface area contributed by atoms with Gasteiger partial charge in [0.2, 0.25) is 5.91 Å². The molecule has 1 aliphatic rings. The van der Waals surface area contributed by atoms with Crippen molar-refractivity contribution < 1.29 is 13.2 Å². The van der Waals surface area contributed by atoms with Gasteiger partial charge in [-0.15, -0.1) is 0 Å². The lowest BCUT2D eigenvalue weighted by Crippen LogP contribution is -2.30. The first kappa shape index (κ1) is 19.9. The second-order valence-electron chi connectivity index (χ2n) is 6.98. The molecule has 0 aromatic heterocycles. The van der Waals surface area contributed by atoms with E-state index in [4.69, 9.17) is 5.26 Å². The first-order valence-corrected chi connectivity index (χ1v) is 11.1. The summed E-state index contributed by atoms with van der Waals surface area (Å²) in [5.74, 6) is -1.30. The topological polar surface area (TPSA) is 90.3 Å². The summed E-state index contributed by atoms with van der Waals surface area (Å²) in [6.45, 7) is 2.45. The molecule has 28 heavy (non-hydrogen) atoms. The summed E-state index contributed by atoms with van der Waals surface area (Å²) >= 11 is 0. The number of nitrogens with one attached hydrogen (secondary N) is 1. The van der Waals surface area contributed by atoms with Gasteiger partial charge < -0.3 is 10.2 Å². The van der Waals surface area contributed by atoms with E-state index in [1.165, 1.54) is 18.5 Å². The highest BCUT2D eigenvalue weighted by Gasteiger charge is 2.17. The van der Waals surface area contributed by atoms with Crippen LogP contribution in [0.4, 0.5) is 5.69 Å². The molecule has 0 bridgehead atoms. The fourth-order valence-corrected chi connectivity index (χ4v) is 4.54. The van der Waals surface area contributed by atoms with Crippen LogP contribution < -0.4 is 10.2 Å². The van der Waals surface area contributed by atoms with E-state index >= 15 is 0 Å². The minimum atomic E-state index is -3.58. The van der Waals surface area contributed by atoms with E-state index in [0.29, 0.717) is 17.7 Å². The standard InChI is InChI=1S/C21H23N3O3S/c22-13-17-3-5-19(6-4-17)15-28(26,27)16-21(25)23-14-18-7-9-20(10-8-18)24-11-1-2-12-24/h3-10H,1-2,11-12,14-16H2,(H,23,25). The van der Waals surface area contributed by atoms with Crippen LogP contribution in [0.25, 0.3) is 0 Å². The molecule has 0 radical (unpaired) electrons. The molecule has 3 rings (SSSR count). The number of anilines is 1. The van der Waals surface area contributed by atoms with Crippen LogP contribution in [-0.4, -0.2) is 33.2 Å². The molecule has 1 fully saturated rings. The van der Waals surface area contributed by atoms with Crippen molar-refractivity contribution in [2.75, 3.05) is 23.7 Å². The molecule has 0 aliphatic carbocycles. The van der Waals surface area contributed by atoms with Crippen molar-refractivity contribution in [3.8, 4) is 6.07 Å². The average molecular weight is 398 g/mol. The third kappa shape index (κ3) is 5.57. The van der Waals surface area contributed by atoms with E-state index in [2.05, 4.69) is 10.2 Å². The summed E-state index contributed by atoms with van der Waals surface area (Å²) in [7, 11) is -3.58. The van der Waals surface area contributed by atoms with E-state index in [1.807, 2.05) is 30.3 Å². The van der Waals surface area contributed by atoms with Crippen molar-refractivity contribution in [2.24, 2.45) is 0 Å². The molecular weight excluding hydrogens is 374 g/mol. The Labute approximate surface area is 165 Å². The molecule has 1 saturated heterocycles. The van der Waals surface area contributed by atoms with Crippen molar-refractivity contribution in [2.45, 2.75) is 25.1 Å². The first-order chi connectivity index (χ1) is 13.4. The monoisotopic (exact) mass is 397 g/mol. The molecule has 1 heterocycles. The molecule has 146 valence electrons. The molecule has 6 nitrogen and oxygen atoms in total. The predicted octanol–water partition coefficient (Wildman–Crippen LogP) is 2.39. The van der Waals surface area contributed by atoms with Gasteiger partial charge in [0.25, 0.3) is 0 Å². The number of hydrogen-bond donors (Lipinski definition) is 1. The number of hydrogen-bond acceptors (Lipinski definition) is 5. The number of sulfone groups is 1. The Kier molecular flexibility index (Phi) is 6.32. The molecule has 2 aromatic carbocycles. The van der Waals surface area contributed by atoms with E-state index in [0.717, 1.165) is 18.7 Å². The lowest BCUT2D eigenvalue weighted by molar-refractivity contribution is -0.118. The zero-order chi connectivity index (χ0) is 20.0. The molecule has 1 amide bonds. The van der Waals surface area contributed by atoms with Gasteiger partial charge in [0.1, 0.15) is 5.75 Å². The van der Waals surface area contributed by atoms with E-state index in [1.54, 1.807) is 24.3 Å². The number of nitrogens with zero attached hydrogens (tertiary/aromatic N) is 2. The molecule has 2 aromatic rings. The van der Waals surface area contributed by atoms with Crippen molar-refractivity contribution in [3.05, 3.63) is 65.2 Å². The smallest absolute Gasteiger partial charge is 0.235 e. The number of nitriles is 1. The van der Waals surface area contributed by atoms with Crippen LogP contribution in [0.3, 0.4) is 0 Å². The van der Waals surface area contributed by atoms with Gasteiger partial charge in [0.15, 0.2) is 9.84 Å². The minimum absolute atomic E-state index is 0.226. The largest absolute Gasteiger partial charge is 0.372 e. The quantitative estimate of drug-likeness (QED) is 0.775. The highest BCUT2D eigenvalue weighted by Crippen LogP contribution is 2.20. The lowest BCUT2D eigenvalue weighted by atomic mass is 10.2. The highest BCUT2D eigenvalue weighted by atomic mass is 32.2. The third-order valence-corrected chi connectivity index (χ3v) is 6.19. The van der Waals surface area contributed by atoms with E-state index < -0.39 is 21.5 Å². The summed E-state index contributed by atoms with van der Waals surface area (Å²) in [6.07, 6.45) is 2.43. The SMILES string of the molecule is N#Cc1ccc(CS(=O)(=O)CC(=O)NCc2ccc(N3CCCC3)cc2)cc1. The Hall–Kier alpha value is -2.85. The van der Waals surface area contributed by atoms with Crippen LogP contribution in [0.5, 0.6) is 0 Å². The molecular formula is C21H23N3O3S. The van der Waals surface area contributed by atoms with Gasteiger partial charge in [-0.3, -0.25) is 4.79 Å². The van der Waals surface area contributed by atoms with Gasteiger partial charge in [0, 0.05) is 25.3 Å². The second kappa shape index (κ2) is 8.89. The molecule has 0 spiro atoms. The molecule has 7 heteroatoms. The Balaban J connectivity index is 1.49. The van der Waals surface area contributed by atoms with Crippen molar-refractivity contribution >= 4 is 21.4 Å². The van der Waals surface area contributed by atoms with Crippen LogP contribution in [0.1, 0.15) is 29.5 Å². The Bertz CT molecular complexity index is 955. The predicted molar refractivity (Wildman–Crippen MR) is 108 cm³/mol. The summed E-state index contributed by atoms with van der Waals surface area (Å²) in [5, 5.41) is 11.5. The minimum Gasteiger partial charge on any atom is -0.372 e. The summed E-state index contributed by atoms with van der Waals surface area (Å²) < 4.78 is 24.5. The van der Waals surface area contributed by atoms with Crippen LogP contribution in [0, 0.1) is 11.3 Å². The number of carbonyl (C=O) groups excluding carboxylic acids is 1. The normalized spacial score (nSPS) is 13.9. The number of amides is 1.